The number of aliphatic hydroxyl groups excluding tert-OH is 1. The van der Waals surface area contributed by atoms with E-state index >= 15 is 0 Å². The Kier molecular flexibility index (Phi) is 5.22. The van der Waals surface area contributed by atoms with E-state index < -0.39 is 6.10 Å². The van der Waals surface area contributed by atoms with Crippen molar-refractivity contribution in [3.63, 3.8) is 0 Å². The molecule has 0 spiro atoms. The van der Waals surface area contributed by atoms with Gasteiger partial charge in [0.1, 0.15) is 25.0 Å². The molecule has 1 N–H and O–H groups in total. The first kappa shape index (κ1) is 17.0. The zero-order valence-electron chi connectivity index (χ0n) is 14.0. The van der Waals surface area contributed by atoms with Crippen LogP contribution in [0.1, 0.15) is 31.9 Å². The van der Waals surface area contributed by atoms with E-state index in [-0.39, 0.29) is 5.41 Å². The van der Waals surface area contributed by atoms with E-state index in [1.807, 2.05) is 6.07 Å². The molecule has 0 saturated carbocycles. The van der Waals surface area contributed by atoms with Gasteiger partial charge >= 0.3 is 0 Å². The van der Waals surface area contributed by atoms with Gasteiger partial charge in [-0.25, -0.2) is 0 Å². The third kappa shape index (κ3) is 5.51. The molecule has 0 bridgehead atoms. The summed E-state index contributed by atoms with van der Waals surface area (Å²) < 4.78 is 6.59. The highest BCUT2D eigenvalue weighted by Crippen LogP contribution is 2.32. The fourth-order valence-electron chi connectivity index (χ4n) is 2.23. The zero-order chi connectivity index (χ0) is 15.6. The second kappa shape index (κ2) is 6.15. The molecule has 0 unspecified atom stereocenters. The summed E-state index contributed by atoms with van der Waals surface area (Å²) in [5.41, 5.74) is 2.45. The van der Waals surface area contributed by atoms with Gasteiger partial charge in [-0.1, -0.05) is 38.5 Å². The molecule has 1 aromatic rings. The summed E-state index contributed by atoms with van der Waals surface area (Å²) in [7, 11) is 6.20. The lowest BCUT2D eigenvalue weighted by Gasteiger charge is -2.28. The van der Waals surface area contributed by atoms with Crippen LogP contribution in [-0.2, 0) is 5.41 Å². The summed E-state index contributed by atoms with van der Waals surface area (Å²) in [5, 5.41) is 10.1. The van der Waals surface area contributed by atoms with Crippen LogP contribution in [0.15, 0.2) is 18.2 Å². The summed E-state index contributed by atoms with van der Waals surface area (Å²) in [5.74, 6) is 0.878. The maximum atomic E-state index is 10.1. The van der Waals surface area contributed by atoms with Crippen LogP contribution >= 0.6 is 0 Å². The third-order valence-corrected chi connectivity index (χ3v) is 3.13. The van der Waals surface area contributed by atoms with E-state index in [1.54, 1.807) is 0 Å². The minimum atomic E-state index is -0.455. The number of benzene rings is 1. The van der Waals surface area contributed by atoms with Crippen LogP contribution < -0.4 is 4.74 Å². The Balaban J connectivity index is 2.78. The average Bonchev–Trinajstić information content (AvgIpc) is 2.23. The molecule has 3 nitrogen and oxygen atoms in total. The molecule has 0 amide bonds. The molecule has 0 aromatic heterocycles. The van der Waals surface area contributed by atoms with Crippen LogP contribution in [0.3, 0.4) is 0 Å². The Morgan fingerprint density at radius 3 is 2.30 bits per heavy atom. The standard InChI is InChI=1S/C17H30NO2/c1-13-8-9-16(15(10-13)17(2,3)4)20-12-14(19)11-18(5,6)7/h8-10,14,19H,11-12H2,1-7H3/q+1/t14-/m1/s1. The zero-order valence-corrected chi connectivity index (χ0v) is 14.0. The van der Waals surface area contributed by atoms with Crippen molar-refractivity contribution in [2.75, 3.05) is 34.3 Å². The van der Waals surface area contributed by atoms with Crippen molar-refractivity contribution in [3.05, 3.63) is 29.3 Å². The number of hydrogen-bond donors (Lipinski definition) is 1. The fraction of sp³-hybridized carbons (Fsp3) is 0.647. The predicted molar refractivity (Wildman–Crippen MR) is 84.3 cm³/mol. The molecule has 0 heterocycles. The highest BCUT2D eigenvalue weighted by molar-refractivity contribution is 5.41. The Hall–Kier alpha value is -1.06. The van der Waals surface area contributed by atoms with E-state index in [4.69, 9.17) is 4.74 Å². The molecule has 3 heteroatoms. The van der Waals surface area contributed by atoms with E-state index in [2.05, 4.69) is 61.0 Å². The largest absolute Gasteiger partial charge is 0.490 e. The van der Waals surface area contributed by atoms with Gasteiger partial charge in [0.15, 0.2) is 0 Å². The molecule has 0 aliphatic heterocycles. The number of nitrogens with zero attached hydrogens (tertiary/aromatic N) is 1. The summed E-state index contributed by atoms with van der Waals surface area (Å²) in [4.78, 5) is 0. The van der Waals surface area contributed by atoms with Crippen molar-refractivity contribution in [3.8, 4) is 5.75 Å². The number of aryl methyl sites for hydroxylation is 1. The van der Waals surface area contributed by atoms with Crippen LogP contribution in [0.5, 0.6) is 5.75 Å². The summed E-state index contributed by atoms with van der Waals surface area (Å²) in [6.45, 7) is 9.63. The first-order chi connectivity index (χ1) is 8.99. The van der Waals surface area contributed by atoms with Gasteiger partial charge in [-0.3, -0.25) is 0 Å². The number of likely N-dealkylation sites (N-methyl/N-ethyl adjacent to an activating group) is 1. The molecule has 1 aromatic carbocycles. The van der Waals surface area contributed by atoms with Gasteiger partial charge < -0.3 is 14.3 Å². The van der Waals surface area contributed by atoms with Crippen LogP contribution in [0, 0.1) is 6.92 Å². The highest BCUT2D eigenvalue weighted by Gasteiger charge is 2.21. The molecular weight excluding hydrogens is 250 g/mol. The average molecular weight is 280 g/mol. The first-order valence-electron chi connectivity index (χ1n) is 7.21. The van der Waals surface area contributed by atoms with E-state index in [9.17, 15) is 5.11 Å². The normalized spacial score (nSPS) is 14.2. The molecule has 1 atom stereocenters. The van der Waals surface area contributed by atoms with Crippen molar-refractivity contribution in [1.29, 1.82) is 0 Å². The third-order valence-electron chi connectivity index (χ3n) is 3.13. The Morgan fingerprint density at radius 1 is 1.20 bits per heavy atom. The summed E-state index contributed by atoms with van der Waals surface area (Å²) in [6.07, 6.45) is -0.455. The van der Waals surface area contributed by atoms with Crippen molar-refractivity contribution in [2.24, 2.45) is 0 Å². The molecule has 1 rings (SSSR count). The van der Waals surface area contributed by atoms with Gasteiger partial charge in [0.25, 0.3) is 0 Å². The maximum Gasteiger partial charge on any atom is 0.137 e. The van der Waals surface area contributed by atoms with E-state index in [0.29, 0.717) is 13.2 Å². The maximum absolute atomic E-state index is 10.1. The predicted octanol–water partition coefficient (Wildman–Crippen LogP) is 2.74. The van der Waals surface area contributed by atoms with Crippen LogP contribution in [0.2, 0.25) is 0 Å². The second-order valence-corrected chi connectivity index (χ2v) is 7.69. The smallest absolute Gasteiger partial charge is 0.137 e. The monoisotopic (exact) mass is 280 g/mol. The van der Waals surface area contributed by atoms with E-state index in [0.717, 1.165) is 10.2 Å². The van der Waals surface area contributed by atoms with Crippen LogP contribution in [0.25, 0.3) is 0 Å². The Morgan fingerprint density at radius 2 is 1.80 bits per heavy atom. The van der Waals surface area contributed by atoms with Crippen LogP contribution in [-0.4, -0.2) is 50.0 Å². The van der Waals surface area contributed by atoms with Crippen molar-refractivity contribution >= 4 is 0 Å². The molecule has 114 valence electrons. The minimum absolute atomic E-state index is 0.0341. The Bertz CT molecular complexity index is 441. The van der Waals surface area contributed by atoms with Crippen molar-refractivity contribution in [1.82, 2.24) is 0 Å². The van der Waals surface area contributed by atoms with Crippen LogP contribution in [0.4, 0.5) is 0 Å². The number of ether oxygens (including phenoxy) is 1. The quantitative estimate of drug-likeness (QED) is 0.840. The lowest BCUT2D eigenvalue weighted by molar-refractivity contribution is -0.873. The SMILES string of the molecule is Cc1ccc(OC[C@H](O)C[N+](C)(C)C)c(C(C)(C)C)c1. The van der Waals surface area contributed by atoms with Crippen molar-refractivity contribution < 1.29 is 14.3 Å². The fourth-order valence-corrected chi connectivity index (χ4v) is 2.23. The molecule has 0 aliphatic carbocycles. The number of hydrogen-bond acceptors (Lipinski definition) is 2. The van der Waals surface area contributed by atoms with Gasteiger partial charge in [0.05, 0.1) is 21.1 Å². The lowest BCUT2D eigenvalue weighted by Crippen LogP contribution is -2.43. The van der Waals surface area contributed by atoms with Gasteiger partial charge in [-0.15, -0.1) is 0 Å². The number of aliphatic hydroxyl groups is 1. The number of rotatable bonds is 5. The van der Waals surface area contributed by atoms with Gasteiger partial charge in [-0.05, 0) is 24.0 Å². The van der Waals surface area contributed by atoms with Gasteiger partial charge in [-0.2, -0.15) is 0 Å². The molecule has 0 radical (unpaired) electrons. The highest BCUT2D eigenvalue weighted by atomic mass is 16.5. The first-order valence-corrected chi connectivity index (χ1v) is 7.21. The van der Waals surface area contributed by atoms with E-state index in [1.165, 1.54) is 11.1 Å². The molecule has 0 saturated heterocycles. The lowest BCUT2D eigenvalue weighted by atomic mass is 9.85. The van der Waals surface area contributed by atoms with Gasteiger partial charge in [0, 0.05) is 0 Å². The Labute approximate surface area is 123 Å². The number of quaternary nitrogens is 1. The summed E-state index contributed by atoms with van der Waals surface area (Å²) >= 11 is 0. The second-order valence-electron chi connectivity index (χ2n) is 7.69. The summed E-state index contributed by atoms with van der Waals surface area (Å²) in [6, 6.07) is 6.23. The van der Waals surface area contributed by atoms with Gasteiger partial charge in [0.2, 0.25) is 0 Å². The topological polar surface area (TPSA) is 29.5 Å². The molecule has 0 fully saturated rings. The molecule has 0 aliphatic rings. The molecular formula is C17H30NO2+. The minimum Gasteiger partial charge on any atom is -0.490 e. The molecule has 20 heavy (non-hydrogen) atoms. The van der Waals surface area contributed by atoms with Crippen molar-refractivity contribution in [2.45, 2.75) is 39.2 Å².